The molecule has 0 unspecified atom stereocenters. The fourth-order valence-electron chi connectivity index (χ4n) is 3.73. The van der Waals surface area contributed by atoms with Crippen molar-refractivity contribution < 1.29 is 9.32 Å². The Kier molecular flexibility index (Phi) is 3.75. The van der Waals surface area contributed by atoms with Crippen molar-refractivity contribution in [3.05, 3.63) is 52.5 Å². The fraction of sp³-hybridized carbons (Fsp3) is 0.368. The number of urea groups is 1. The van der Waals surface area contributed by atoms with Gasteiger partial charge in [-0.25, -0.2) is 4.79 Å². The molecule has 0 fully saturated rings. The molecule has 3 heterocycles. The van der Waals surface area contributed by atoms with Gasteiger partial charge in [-0.3, -0.25) is 0 Å². The van der Waals surface area contributed by atoms with E-state index in [2.05, 4.69) is 40.6 Å². The third-order valence-corrected chi connectivity index (χ3v) is 5.19. The van der Waals surface area contributed by atoms with E-state index in [4.69, 9.17) is 4.52 Å². The Labute approximate surface area is 146 Å². The number of H-pyrrole nitrogens is 1. The van der Waals surface area contributed by atoms with Gasteiger partial charge in [0.2, 0.25) is 0 Å². The monoisotopic (exact) mass is 338 g/mol. The van der Waals surface area contributed by atoms with Crippen LogP contribution >= 0.6 is 0 Å². The number of aryl methyl sites for hydroxylation is 2. The van der Waals surface area contributed by atoms with Gasteiger partial charge in [-0.05, 0) is 38.8 Å². The number of amides is 2. The van der Waals surface area contributed by atoms with Gasteiger partial charge in [0, 0.05) is 35.2 Å². The molecular weight excluding hydrogens is 316 g/mol. The van der Waals surface area contributed by atoms with E-state index in [9.17, 15) is 4.79 Å². The molecule has 1 atom stereocenters. The molecule has 0 radical (unpaired) electrons. The number of aromatic amines is 1. The minimum Gasteiger partial charge on any atom is -0.361 e. The van der Waals surface area contributed by atoms with E-state index in [1.54, 1.807) is 0 Å². The lowest BCUT2D eigenvalue weighted by Crippen LogP contribution is -2.44. The smallest absolute Gasteiger partial charge is 0.318 e. The number of hydrogen-bond donors (Lipinski definition) is 2. The van der Waals surface area contributed by atoms with E-state index in [1.807, 2.05) is 24.8 Å². The fourth-order valence-corrected chi connectivity index (χ4v) is 3.73. The Balaban J connectivity index is 1.53. The van der Waals surface area contributed by atoms with Gasteiger partial charge in [0.15, 0.2) is 0 Å². The first-order chi connectivity index (χ1) is 12.1. The molecule has 0 bridgehead atoms. The topological polar surface area (TPSA) is 74.2 Å². The van der Waals surface area contributed by atoms with Crippen LogP contribution in [0.5, 0.6) is 0 Å². The normalized spacial score (nSPS) is 16.9. The van der Waals surface area contributed by atoms with Crippen LogP contribution in [0.1, 0.15) is 41.2 Å². The second-order valence-corrected chi connectivity index (χ2v) is 6.64. The molecule has 0 saturated heterocycles. The first kappa shape index (κ1) is 15.7. The average Bonchev–Trinajstić information content (AvgIpc) is 3.14. The summed E-state index contributed by atoms with van der Waals surface area (Å²) in [4.78, 5) is 18.1. The number of rotatable bonds is 2. The Morgan fingerprint density at radius 1 is 1.40 bits per heavy atom. The van der Waals surface area contributed by atoms with Crippen molar-refractivity contribution in [3.63, 3.8) is 0 Å². The summed E-state index contributed by atoms with van der Waals surface area (Å²) >= 11 is 0. The molecule has 0 saturated carbocycles. The van der Waals surface area contributed by atoms with E-state index < -0.39 is 0 Å². The minimum absolute atomic E-state index is 0.0146. The second-order valence-electron chi connectivity index (χ2n) is 6.64. The Morgan fingerprint density at radius 2 is 2.20 bits per heavy atom. The molecule has 25 heavy (non-hydrogen) atoms. The van der Waals surface area contributed by atoms with Crippen molar-refractivity contribution in [2.45, 2.75) is 39.8 Å². The number of carbonyl (C=O) groups is 1. The van der Waals surface area contributed by atoms with Gasteiger partial charge in [-0.15, -0.1) is 0 Å². The van der Waals surface area contributed by atoms with Crippen molar-refractivity contribution in [1.29, 1.82) is 0 Å². The molecule has 2 amide bonds. The van der Waals surface area contributed by atoms with Crippen LogP contribution in [0.4, 0.5) is 4.79 Å². The van der Waals surface area contributed by atoms with Gasteiger partial charge in [0.1, 0.15) is 5.76 Å². The lowest BCUT2D eigenvalue weighted by atomic mass is 9.98. The lowest BCUT2D eigenvalue weighted by Gasteiger charge is -2.33. The van der Waals surface area contributed by atoms with E-state index in [-0.39, 0.29) is 12.1 Å². The molecule has 1 aromatic carbocycles. The Hall–Kier alpha value is -2.76. The maximum absolute atomic E-state index is 12.7. The number of nitrogens with zero attached hydrogens (tertiary/aromatic N) is 2. The molecule has 2 N–H and O–H groups in total. The molecular formula is C19H22N4O2. The highest BCUT2D eigenvalue weighted by atomic mass is 16.5. The summed E-state index contributed by atoms with van der Waals surface area (Å²) in [7, 11) is 0. The largest absolute Gasteiger partial charge is 0.361 e. The van der Waals surface area contributed by atoms with E-state index in [1.165, 1.54) is 10.9 Å². The van der Waals surface area contributed by atoms with E-state index in [0.717, 1.165) is 34.6 Å². The molecule has 4 rings (SSSR count). The average molecular weight is 338 g/mol. The van der Waals surface area contributed by atoms with Gasteiger partial charge in [-0.2, -0.15) is 0 Å². The standard InChI is InChI=1S/C19H22N4O2/c1-11-16(13(3)25-22-11)10-20-19(24)23-9-8-15-14-6-4-5-7-17(14)21-18(15)12(23)2/h4-7,12,21H,8-10H2,1-3H3,(H,20,24)/t12-/m1/s1. The highest BCUT2D eigenvalue weighted by Gasteiger charge is 2.30. The zero-order valence-corrected chi connectivity index (χ0v) is 14.7. The zero-order chi connectivity index (χ0) is 17.6. The van der Waals surface area contributed by atoms with Gasteiger partial charge in [0.25, 0.3) is 0 Å². The van der Waals surface area contributed by atoms with Crippen LogP contribution in [0.15, 0.2) is 28.8 Å². The highest BCUT2D eigenvalue weighted by Crippen LogP contribution is 2.34. The predicted molar refractivity (Wildman–Crippen MR) is 95.3 cm³/mol. The van der Waals surface area contributed by atoms with Crippen LogP contribution in [0, 0.1) is 13.8 Å². The molecule has 6 heteroatoms. The summed E-state index contributed by atoms with van der Waals surface area (Å²) < 4.78 is 5.15. The Bertz CT molecular complexity index is 921. The van der Waals surface area contributed by atoms with Crippen molar-refractivity contribution in [2.75, 3.05) is 6.54 Å². The van der Waals surface area contributed by atoms with Gasteiger partial charge < -0.3 is 19.7 Å². The highest BCUT2D eigenvalue weighted by molar-refractivity contribution is 5.86. The van der Waals surface area contributed by atoms with Gasteiger partial charge in [-0.1, -0.05) is 23.4 Å². The summed E-state index contributed by atoms with van der Waals surface area (Å²) in [6.45, 7) is 6.97. The lowest BCUT2D eigenvalue weighted by molar-refractivity contribution is 0.173. The van der Waals surface area contributed by atoms with Crippen LogP contribution in [0.3, 0.4) is 0 Å². The van der Waals surface area contributed by atoms with Crippen molar-refractivity contribution in [2.24, 2.45) is 0 Å². The molecule has 0 aliphatic carbocycles. The summed E-state index contributed by atoms with van der Waals surface area (Å²) in [5.41, 5.74) is 5.38. The number of para-hydroxylation sites is 1. The molecule has 1 aliphatic rings. The van der Waals surface area contributed by atoms with Crippen LogP contribution in [-0.2, 0) is 13.0 Å². The predicted octanol–water partition coefficient (Wildman–Crippen LogP) is 3.60. The molecule has 6 nitrogen and oxygen atoms in total. The van der Waals surface area contributed by atoms with Crippen molar-refractivity contribution >= 4 is 16.9 Å². The van der Waals surface area contributed by atoms with Crippen LogP contribution in [-0.4, -0.2) is 27.6 Å². The SMILES string of the molecule is Cc1noc(C)c1CNC(=O)N1CCc2c([nH]c3ccccc23)[C@H]1C. The summed E-state index contributed by atoms with van der Waals surface area (Å²) in [5.74, 6) is 0.752. The molecule has 3 aromatic rings. The third kappa shape index (κ3) is 2.58. The van der Waals surface area contributed by atoms with Crippen LogP contribution < -0.4 is 5.32 Å². The quantitative estimate of drug-likeness (QED) is 0.750. The number of aromatic nitrogens is 2. The van der Waals surface area contributed by atoms with E-state index in [0.29, 0.717) is 13.1 Å². The first-order valence-electron chi connectivity index (χ1n) is 8.62. The molecule has 130 valence electrons. The van der Waals surface area contributed by atoms with Crippen molar-refractivity contribution in [3.8, 4) is 0 Å². The summed E-state index contributed by atoms with van der Waals surface area (Å²) in [5, 5.41) is 8.20. The first-order valence-corrected chi connectivity index (χ1v) is 8.62. The third-order valence-electron chi connectivity index (χ3n) is 5.19. The number of carbonyl (C=O) groups excluding carboxylic acids is 1. The number of benzene rings is 1. The summed E-state index contributed by atoms with van der Waals surface area (Å²) in [6.07, 6.45) is 0.864. The zero-order valence-electron chi connectivity index (χ0n) is 14.7. The van der Waals surface area contributed by atoms with Crippen molar-refractivity contribution in [1.82, 2.24) is 20.4 Å². The van der Waals surface area contributed by atoms with Crippen LogP contribution in [0.25, 0.3) is 10.9 Å². The summed E-state index contributed by atoms with van der Waals surface area (Å²) in [6, 6.07) is 8.28. The molecule has 2 aromatic heterocycles. The van der Waals surface area contributed by atoms with Crippen LogP contribution in [0.2, 0.25) is 0 Å². The minimum atomic E-state index is -0.0585. The van der Waals surface area contributed by atoms with Gasteiger partial charge >= 0.3 is 6.03 Å². The van der Waals surface area contributed by atoms with Gasteiger partial charge in [0.05, 0.1) is 11.7 Å². The number of hydrogen-bond acceptors (Lipinski definition) is 3. The Morgan fingerprint density at radius 3 is 2.96 bits per heavy atom. The molecule has 1 aliphatic heterocycles. The molecule has 0 spiro atoms. The maximum atomic E-state index is 12.7. The number of fused-ring (bicyclic) bond motifs is 3. The maximum Gasteiger partial charge on any atom is 0.318 e. The number of nitrogens with one attached hydrogen (secondary N) is 2. The van der Waals surface area contributed by atoms with E-state index >= 15 is 0 Å². The second kappa shape index (κ2) is 5.95.